The number of hydrogen-bond acceptors (Lipinski definition) is 4. The molecule has 0 spiro atoms. The highest BCUT2D eigenvalue weighted by Gasteiger charge is 2.50. The largest absolute Gasteiger partial charge is 0.462 e. The zero-order valence-corrected chi connectivity index (χ0v) is 14.0. The fourth-order valence-electron chi connectivity index (χ4n) is 1.46. The van der Waals surface area contributed by atoms with Gasteiger partial charge < -0.3 is 9.47 Å². The van der Waals surface area contributed by atoms with Gasteiger partial charge in [-0.3, -0.25) is 4.79 Å². The number of carbonyl (C=O) groups excluding carboxylic acids is 2. The van der Waals surface area contributed by atoms with E-state index >= 15 is 0 Å². The number of carbonyl (C=O) groups is 2. The first-order valence-corrected chi connectivity index (χ1v) is 7.04. The number of halogens is 1. The number of alkyl halides is 1. The Bertz CT molecular complexity index is 366. The van der Waals surface area contributed by atoms with E-state index in [1.165, 1.54) is 0 Å². The molecule has 18 heavy (non-hydrogen) atoms. The van der Waals surface area contributed by atoms with Crippen LogP contribution in [-0.4, -0.2) is 28.1 Å². The topological polar surface area (TPSA) is 52.6 Å². The van der Waals surface area contributed by atoms with E-state index in [0.29, 0.717) is 0 Å². The molecule has 5 heteroatoms. The van der Waals surface area contributed by atoms with Crippen molar-refractivity contribution in [3.8, 4) is 0 Å². The van der Waals surface area contributed by atoms with Crippen molar-refractivity contribution in [2.24, 2.45) is 10.8 Å². The van der Waals surface area contributed by atoms with Crippen molar-refractivity contribution >= 4 is 34.5 Å². The molecule has 0 saturated carbocycles. The zero-order valence-electron chi connectivity index (χ0n) is 11.8. The lowest BCUT2D eigenvalue weighted by Gasteiger charge is -2.35. The average molecular weight is 368 g/mol. The van der Waals surface area contributed by atoms with Crippen molar-refractivity contribution < 1.29 is 19.1 Å². The Hall–Kier alpha value is -0.330. The van der Waals surface area contributed by atoms with Crippen LogP contribution in [0.2, 0.25) is 0 Å². The van der Waals surface area contributed by atoms with Gasteiger partial charge in [-0.2, -0.15) is 0 Å². The highest BCUT2D eigenvalue weighted by atomic mass is 127. The van der Waals surface area contributed by atoms with E-state index in [1.54, 1.807) is 0 Å². The predicted octanol–water partition coefficient (Wildman–Crippen LogP) is 2.72. The molecule has 1 rings (SSSR count). The minimum absolute atomic E-state index is 0.253. The normalized spacial score (nSPS) is 26.4. The highest BCUT2D eigenvalue weighted by molar-refractivity contribution is 14.1. The van der Waals surface area contributed by atoms with Crippen LogP contribution in [-0.2, 0) is 19.1 Å². The summed E-state index contributed by atoms with van der Waals surface area (Å²) in [6.07, 6.45) is -0.804. The Morgan fingerprint density at radius 3 is 2.22 bits per heavy atom. The third-order valence-electron chi connectivity index (χ3n) is 3.53. The van der Waals surface area contributed by atoms with Crippen molar-refractivity contribution in [3.63, 3.8) is 0 Å². The van der Waals surface area contributed by atoms with Gasteiger partial charge in [-0.1, -0.05) is 57.2 Å². The first kappa shape index (κ1) is 15.7. The van der Waals surface area contributed by atoms with Crippen LogP contribution >= 0.6 is 22.6 Å². The third-order valence-corrected chi connectivity index (χ3v) is 5.59. The van der Waals surface area contributed by atoms with Gasteiger partial charge in [0.15, 0.2) is 0 Å². The second kappa shape index (κ2) is 4.65. The van der Waals surface area contributed by atoms with Gasteiger partial charge >= 0.3 is 11.9 Å². The highest BCUT2D eigenvalue weighted by Crippen LogP contribution is 2.41. The number of esters is 2. The molecule has 0 aliphatic carbocycles. The van der Waals surface area contributed by atoms with Crippen LogP contribution in [0.25, 0.3) is 0 Å². The Labute approximate surface area is 122 Å². The molecule has 2 unspecified atom stereocenters. The second-order valence-electron chi connectivity index (χ2n) is 6.63. The summed E-state index contributed by atoms with van der Waals surface area (Å²) in [7, 11) is 0. The van der Waals surface area contributed by atoms with Gasteiger partial charge in [-0.15, -0.1) is 0 Å². The first-order valence-electron chi connectivity index (χ1n) is 5.96. The molecule has 1 aliphatic rings. The summed E-state index contributed by atoms with van der Waals surface area (Å²) < 4.78 is 9.68. The van der Waals surface area contributed by atoms with Gasteiger partial charge in [0.1, 0.15) is 10.0 Å². The van der Waals surface area contributed by atoms with Gasteiger partial charge in [0.05, 0.1) is 0 Å². The fraction of sp³-hybridized carbons (Fsp3) is 0.846. The van der Waals surface area contributed by atoms with Crippen LogP contribution in [0.5, 0.6) is 0 Å². The molecule has 1 fully saturated rings. The Kier molecular flexibility index (Phi) is 4.06. The molecule has 0 aromatic carbocycles. The number of rotatable bonds is 2. The van der Waals surface area contributed by atoms with E-state index in [9.17, 15) is 9.59 Å². The second-order valence-corrected chi connectivity index (χ2v) is 8.79. The molecule has 0 N–H and O–H groups in total. The van der Waals surface area contributed by atoms with E-state index in [1.807, 2.05) is 41.5 Å². The van der Waals surface area contributed by atoms with Crippen molar-refractivity contribution in [3.05, 3.63) is 0 Å². The van der Waals surface area contributed by atoms with E-state index in [4.69, 9.17) is 9.47 Å². The molecule has 1 heterocycles. The molecule has 0 aromatic heterocycles. The zero-order chi connectivity index (χ0) is 14.4. The van der Waals surface area contributed by atoms with Crippen LogP contribution in [0, 0.1) is 10.8 Å². The maximum atomic E-state index is 12.3. The number of ether oxygens (including phenoxy) is 2. The van der Waals surface area contributed by atoms with Crippen LogP contribution < -0.4 is 0 Å². The molecule has 0 bridgehead atoms. The van der Waals surface area contributed by atoms with E-state index in [2.05, 4.69) is 22.6 Å². The summed E-state index contributed by atoms with van der Waals surface area (Å²) in [5.74, 6) is -0.818. The summed E-state index contributed by atoms with van der Waals surface area (Å²) in [4.78, 5) is 23.9. The fourth-order valence-corrected chi connectivity index (χ4v) is 1.59. The quantitative estimate of drug-likeness (QED) is 0.427. The molecular weight excluding hydrogens is 347 g/mol. The molecular formula is C13H21IO4. The minimum atomic E-state index is -0.804. The molecule has 104 valence electrons. The van der Waals surface area contributed by atoms with Gasteiger partial charge in [0.25, 0.3) is 0 Å². The lowest BCUT2D eigenvalue weighted by molar-refractivity contribution is -0.166. The van der Waals surface area contributed by atoms with E-state index in [-0.39, 0.29) is 18.0 Å². The van der Waals surface area contributed by atoms with Crippen molar-refractivity contribution in [2.45, 2.75) is 51.1 Å². The van der Waals surface area contributed by atoms with Gasteiger partial charge in [0, 0.05) is 5.41 Å². The Balaban J connectivity index is 2.86. The van der Waals surface area contributed by atoms with E-state index in [0.717, 1.165) is 0 Å². The van der Waals surface area contributed by atoms with Gasteiger partial charge in [-0.05, 0) is 12.3 Å². The summed E-state index contributed by atoms with van der Waals surface area (Å²) in [6.45, 7) is 11.7. The molecule has 2 atom stereocenters. The molecule has 1 saturated heterocycles. The average Bonchev–Trinajstić information content (AvgIpc) is 2.43. The van der Waals surface area contributed by atoms with Crippen LogP contribution in [0.15, 0.2) is 0 Å². The van der Waals surface area contributed by atoms with Crippen LogP contribution in [0.3, 0.4) is 0 Å². The maximum absolute atomic E-state index is 12.3. The monoisotopic (exact) mass is 368 g/mol. The summed E-state index contributed by atoms with van der Waals surface area (Å²) in [6, 6.07) is 0. The molecule has 4 nitrogen and oxygen atoms in total. The molecule has 0 amide bonds. The Morgan fingerprint density at radius 1 is 1.39 bits per heavy atom. The standard InChI is InChI=1S/C13H21IO4/c1-11(2,3)13(6,14)10(16)18-8-9(15)17-7-12(8,4)5/h8H,7H2,1-6H3. The SMILES string of the molecule is CC1(C)COC(=O)C1OC(=O)C(C)(I)C(C)(C)C. The molecule has 1 aliphatic heterocycles. The van der Waals surface area contributed by atoms with Gasteiger partial charge in [0.2, 0.25) is 6.10 Å². The first-order chi connectivity index (χ1) is 7.89. The predicted molar refractivity (Wildman–Crippen MR) is 76.5 cm³/mol. The van der Waals surface area contributed by atoms with Gasteiger partial charge in [-0.25, -0.2) is 4.79 Å². The minimum Gasteiger partial charge on any atom is -0.462 e. The summed E-state index contributed by atoms with van der Waals surface area (Å²) in [5, 5.41) is 0. The Morgan fingerprint density at radius 2 is 1.89 bits per heavy atom. The number of cyclic esters (lactones) is 1. The third kappa shape index (κ3) is 2.81. The molecule has 0 radical (unpaired) electrons. The molecule has 0 aromatic rings. The summed E-state index contributed by atoms with van der Waals surface area (Å²) >= 11 is 2.09. The number of hydrogen-bond donors (Lipinski definition) is 0. The van der Waals surface area contributed by atoms with Crippen LogP contribution in [0.1, 0.15) is 41.5 Å². The summed E-state index contributed by atoms with van der Waals surface area (Å²) in [5.41, 5.74) is -0.714. The van der Waals surface area contributed by atoms with Crippen molar-refractivity contribution in [1.82, 2.24) is 0 Å². The lowest BCUT2D eigenvalue weighted by Crippen LogP contribution is -2.46. The van der Waals surface area contributed by atoms with Crippen molar-refractivity contribution in [2.75, 3.05) is 6.61 Å². The smallest absolute Gasteiger partial charge is 0.348 e. The lowest BCUT2D eigenvalue weighted by atomic mass is 9.82. The maximum Gasteiger partial charge on any atom is 0.348 e. The van der Waals surface area contributed by atoms with E-state index < -0.39 is 20.9 Å². The van der Waals surface area contributed by atoms with Crippen LogP contribution in [0.4, 0.5) is 0 Å². The van der Waals surface area contributed by atoms with Crippen molar-refractivity contribution in [1.29, 1.82) is 0 Å².